The van der Waals surface area contributed by atoms with E-state index in [-0.39, 0.29) is 42.7 Å². The van der Waals surface area contributed by atoms with Gasteiger partial charge in [0.05, 0.1) is 31.2 Å². The lowest BCUT2D eigenvalue weighted by molar-refractivity contribution is -0.244. The molecular formula is C38H46F5N5O10S. The van der Waals surface area contributed by atoms with Gasteiger partial charge in [0.15, 0.2) is 0 Å². The van der Waals surface area contributed by atoms with Gasteiger partial charge in [0, 0.05) is 30.0 Å². The van der Waals surface area contributed by atoms with E-state index >= 15 is 0 Å². The monoisotopic (exact) mass is 859 g/mol. The minimum absolute atomic E-state index is 0.00452. The third-order valence-corrected chi connectivity index (χ3v) is 13.4. The van der Waals surface area contributed by atoms with Gasteiger partial charge >= 0.3 is 12.3 Å². The van der Waals surface area contributed by atoms with Gasteiger partial charge in [-0.25, -0.2) is 27.0 Å². The summed E-state index contributed by atoms with van der Waals surface area (Å²) in [5.41, 5.74) is -4.81. The lowest BCUT2D eigenvalue weighted by Gasteiger charge is -2.34. The number of hydrogen-bond acceptors (Lipinski definition) is 11. The van der Waals surface area contributed by atoms with Crippen molar-refractivity contribution in [1.82, 2.24) is 25.2 Å². The summed E-state index contributed by atoms with van der Waals surface area (Å²) in [4.78, 5) is 61.2. The number of amides is 4. The number of halogens is 5. The molecule has 59 heavy (non-hydrogen) atoms. The number of methoxy groups -OCH3 is 1. The Morgan fingerprint density at radius 1 is 1.14 bits per heavy atom. The number of carbonyl (C=O) groups excluding carboxylic acids is 4. The Morgan fingerprint density at radius 2 is 1.85 bits per heavy atom. The normalized spacial score (nSPS) is 29.2. The van der Waals surface area contributed by atoms with E-state index in [1.807, 2.05) is 4.72 Å². The van der Waals surface area contributed by atoms with Crippen LogP contribution in [0.1, 0.15) is 66.2 Å². The highest BCUT2D eigenvalue weighted by atomic mass is 32.2. The van der Waals surface area contributed by atoms with E-state index in [1.54, 1.807) is 25.1 Å². The van der Waals surface area contributed by atoms with E-state index in [0.29, 0.717) is 32.1 Å². The fourth-order valence-electron chi connectivity index (χ4n) is 7.32. The highest BCUT2D eigenvalue weighted by Gasteiger charge is 2.64. The number of alkyl carbamates (subject to hydrolysis) is 1. The van der Waals surface area contributed by atoms with Crippen molar-refractivity contribution in [2.24, 2.45) is 5.92 Å². The number of benzene rings is 1. The molecule has 6 rings (SSSR count). The number of pyridine rings is 1. The Kier molecular flexibility index (Phi) is 11.9. The number of sulfonamides is 1. The first-order chi connectivity index (χ1) is 27.6. The number of hydrogen-bond donors (Lipinski definition) is 3. The van der Waals surface area contributed by atoms with Gasteiger partial charge in [-0.2, -0.15) is 13.2 Å². The van der Waals surface area contributed by atoms with Gasteiger partial charge in [-0.05, 0) is 71.9 Å². The second-order valence-electron chi connectivity index (χ2n) is 16.0. The lowest BCUT2D eigenvalue weighted by atomic mass is 10.1. The molecule has 2 aliphatic heterocycles. The number of alkyl halides is 4. The number of nitrogens with zero attached hydrogens (tertiary/aromatic N) is 2. The Morgan fingerprint density at radius 3 is 2.49 bits per heavy atom. The summed E-state index contributed by atoms with van der Waals surface area (Å²) < 4.78 is 118. The number of nitrogens with one attached hydrogen (secondary N) is 3. The fourth-order valence-corrected chi connectivity index (χ4v) is 8.74. The van der Waals surface area contributed by atoms with Gasteiger partial charge < -0.3 is 34.5 Å². The van der Waals surface area contributed by atoms with Gasteiger partial charge in [-0.15, -0.1) is 0 Å². The van der Waals surface area contributed by atoms with E-state index in [1.165, 1.54) is 20.2 Å². The molecule has 4 amide bonds. The minimum atomic E-state index is -4.99. The highest BCUT2D eigenvalue weighted by molar-refractivity contribution is 7.91. The number of aromatic nitrogens is 1. The average molecular weight is 860 g/mol. The maximum atomic E-state index is 14.7. The van der Waals surface area contributed by atoms with Crippen molar-refractivity contribution in [3.63, 3.8) is 0 Å². The predicted octanol–water partition coefficient (Wildman–Crippen LogP) is 4.13. The van der Waals surface area contributed by atoms with Crippen molar-refractivity contribution in [3.8, 4) is 11.6 Å². The SMILES string of the molecule is COc1cc(F)cc2c(O[C@@H]3C[C@H]4C(=O)N[C@]5(C(=O)NS(=O)(=O)C6(CF)CC6)C[C@H]5/C=C\CC[C@@H](C)O[C@@H](C)[C@H](NC(=O)OC(C)(C)C(F)(F)F)C(=O)N4C3)nccc12. The first kappa shape index (κ1) is 43.8. The molecule has 3 heterocycles. The van der Waals surface area contributed by atoms with Crippen LogP contribution in [0.15, 0.2) is 36.5 Å². The van der Waals surface area contributed by atoms with Crippen LogP contribution in [0.2, 0.25) is 0 Å². The number of carbonyl (C=O) groups is 4. The average Bonchev–Trinajstić information content (AvgIpc) is 4.06. The predicted molar refractivity (Wildman–Crippen MR) is 199 cm³/mol. The third kappa shape index (κ3) is 8.76. The fraction of sp³-hybridized carbons (Fsp3) is 0.605. The molecule has 1 aromatic heterocycles. The van der Waals surface area contributed by atoms with Gasteiger partial charge in [0.25, 0.3) is 5.91 Å². The summed E-state index contributed by atoms with van der Waals surface area (Å²) in [5, 5.41) is 5.44. The van der Waals surface area contributed by atoms with E-state index in [0.717, 1.165) is 17.0 Å². The molecular weight excluding hydrogens is 814 g/mol. The van der Waals surface area contributed by atoms with E-state index in [4.69, 9.17) is 18.9 Å². The second kappa shape index (κ2) is 16.0. The van der Waals surface area contributed by atoms with Gasteiger partial charge in [-0.3, -0.25) is 19.1 Å². The zero-order chi connectivity index (χ0) is 43.3. The van der Waals surface area contributed by atoms with E-state index in [9.17, 15) is 49.5 Å². The van der Waals surface area contributed by atoms with Crippen molar-refractivity contribution < 1.29 is 68.5 Å². The zero-order valence-corrected chi connectivity index (χ0v) is 33.7. The number of fused-ring (bicyclic) bond motifs is 3. The molecule has 1 aromatic carbocycles. The van der Waals surface area contributed by atoms with E-state index < -0.39 is 111 Å². The van der Waals surface area contributed by atoms with Crippen LogP contribution in [0.5, 0.6) is 11.6 Å². The Hall–Kier alpha value is -4.79. The van der Waals surface area contributed by atoms with Crippen LogP contribution in [0.3, 0.4) is 0 Å². The first-order valence-corrected chi connectivity index (χ1v) is 20.5. The number of ether oxygens (including phenoxy) is 4. The van der Waals surface area contributed by atoms with Crippen LogP contribution < -0.4 is 24.8 Å². The van der Waals surface area contributed by atoms with Crippen LogP contribution in [0.4, 0.5) is 26.7 Å². The Balaban J connectivity index is 1.37. The molecule has 0 bridgehead atoms. The van der Waals surface area contributed by atoms with Crippen LogP contribution in [-0.4, -0.2) is 115 Å². The summed E-state index contributed by atoms with van der Waals surface area (Å²) in [6, 6.07) is 0.593. The largest absolute Gasteiger partial charge is 0.496 e. The number of rotatable bonds is 9. The van der Waals surface area contributed by atoms with Crippen molar-refractivity contribution >= 4 is 44.6 Å². The molecule has 2 aromatic rings. The standard InChI is InChI=1S/C38H46F5N5O10S/c1-20-8-6-7-9-22-17-37(22,33(51)47-59(53,54)36(19-39)11-12-36)46-30(49)27-16-24(57-31-26-14-23(40)15-28(55-5)25(26)10-13-44-31)18-48(27)32(50)29(21(2)56-20)45-34(52)58-35(3,4)38(41,42)43/h7,9-10,13-15,20-22,24,27,29H,6,8,11-12,16-19H2,1-5H3,(H,45,52)(H,46,49)(H,47,51)/b9-7-/t20-,21+,22-,24-,27+,29+,37-/m1/s1. The number of allylic oxidation sites excluding steroid dienone is 1. The van der Waals surface area contributed by atoms with E-state index in [2.05, 4.69) is 15.6 Å². The molecule has 0 spiro atoms. The molecule has 15 nitrogen and oxygen atoms in total. The lowest BCUT2D eigenvalue weighted by Crippen LogP contribution is -2.61. The van der Waals surface area contributed by atoms with Crippen LogP contribution in [-0.2, 0) is 33.9 Å². The highest BCUT2D eigenvalue weighted by Crippen LogP contribution is 2.48. The Labute approximate surface area is 336 Å². The van der Waals surface area contributed by atoms with Crippen molar-refractivity contribution in [3.05, 3.63) is 42.4 Å². The van der Waals surface area contributed by atoms with Crippen LogP contribution in [0.25, 0.3) is 10.8 Å². The molecule has 0 radical (unpaired) electrons. The molecule has 21 heteroatoms. The smallest absolute Gasteiger partial charge is 0.427 e. The van der Waals surface area contributed by atoms with Gasteiger partial charge in [0.1, 0.15) is 46.7 Å². The van der Waals surface area contributed by atoms with Crippen molar-refractivity contribution in [2.75, 3.05) is 20.3 Å². The Bertz CT molecular complexity index is 2130. The third-order valence-electron chi connectivity index (χ3n) is 11.3. The summed E-state index contributed by atoms with van der Waals surface area (Å²) in [7, 11) is -3.17. The van der Waals surface area contributed by atoms with Crippen LogP contribution in [0, 0.1) is 11.7 Å². The zero-order valence-electron chi connectivity index (χ0n) is 32.9. The van der Waals surface area contributed by atoms with Crippen molar-refractivity contribution in [1.29, 1.82) is 0 Å². The van der Waals surface area contributed by atoms with Crippen molar-refractivity contribution in [2.45, 2.75) is 119 Å². The summed E-state index contributed by atoms with van der Waals surface area (Å²) in [6.45, 7) is 2.69. The molecule has 7 atom stereocenters. The molecule has 4 aliphatic rings. The maximum absolute atomic E-state index is 14.7. The quantitative estimate of drug-likeness (QED) is 0.243. The molecule has 0 unspecified atom stereocenters. The summed E-state index contributed by atoms with van der Waals surface area (Å²) in [5.74, 6) is -4.40. The first-order valence-electron chi connectivity index (χ1n) is 19.0. The second-order valence-corrected chi connectivity index (χ2v) is 18.1. The van der Waals surface area contributed by atoms with Gasteiger partial charge in [-0.1, -0.05) is 12.2 Å². The van der Waals surface area contributed by atoms with Gasteiger partial charge in [0.2, 0.25) is 33.3 Å². The summed E-state index contributed by atoms with van der Waals surface area (Å²) >= 11 is 0. The molecule has 3 fully saturated rings. The summed E-state index contributed by atoms with van der Waals surface area (Å²) in [6.07, 6.45) is -4.49. The maximum Gasteiger partial charge on any atom is 0.427 e. The molecule has 1 saturated heterocycles. The molecule has 324 valence electrons. The van der Waals surface area contributed by atoms with Crippen LogP contribution >= 0.6 is 0 Å². The molecule has 2 saturated carbocycles. The topological polar surface area (TPSA) is 192 Å². The molecule has 2 aliphatic carbocycles. The molecule has 3 N–H and O–H groups in total. The minimum Gasteiger partial charge on any atom is -0.496 e.